The highest BCUT2D eigenvalue weighted by Gasteiger charge is 2.38. The molecule has 5 nitrogen and oxygen atoms in total. The second-order valence-corrected chi connectivity index (χ2v) is 2.24. The molecule has 0 fully saturated rings. The molecule has 0 heterocycles. The van der Waals surface area contributed by atoms with E-state index in [0.717, 1.165) is 14.1 Å². The summed E-state index contributed by atoms with van der Waals surface area (Å²) in [7, 11) is 2.21. The van der Waals surface area contributed by atoms with Gasteiger partial charge in [-0.1, -0.05) is 0 Å². The summed E-state index contributed by atoms with van der Waals surface area (Å²) >= 11 is 0. The quantitative estimate of drug-likeness (QED) is 0.371. The van der Waals surface area contributed by atoms with Gasteiger partial charge in [0.2, 0.25) is 5.84 Å². The predicted molar refractivity (Wildman–Crippen MR) is 38.3 cm³/mol. The van der Waals surface area contributed by atoms with Gasteiger partial charge in [0.15, 0.2) is 0 Å². The summed E-state index contributed by atoms with van der Waals surface area (Å²) in [5, 5.41) is 10.7. The van der Waals surface area contributed by atoms with E-state index in [-0.39, 0.29) is 0 Å². The number of hydrogen-bond donors (Lipinski definition) is 2. The van der Waals surface area contributed by atoms with Crippen molar-refractivity contribution in [2.75, 3.05) is 14.1 Å². The first-order valence-electron chi connectivity index (χ1n) is 3.06. The van der Waals surface area contributed by atoms with Crippen LogP contribution in [-0.4, -0.2) is 42.2 Å². The summed E-state index contributed by atoms with van der Waals surface area (Å²) < 4.78 is 36.0. The Hall–Kier alpha value is -1.47. The summed E-state index contributed by atoms with van der Waals surface area (Å²) in [5.41, 5.74) is 1.28. The van der Waals surface area contributed by atoms with Gasteiger partial charge in [-0.25, -0.2) is 10.2 Å². The van der Waals surface area contributed by atoms with Gasteiger partial charge in [-0.15, -0.1) is 5.10 Å². The second kappa shape index (κ2) is 3.97. The fraction of sp³-hybridized carbons (Fsp3) is 0.600. The molecule has 0 bridgehead atoms. The average molecular weight is 199 g/mol. The lowest BCUT2D eigenvalue weighted by Crippen LogP contribution is -2.38. The molecule has 13 heavy (non-hydrogen) atoms. The van der Waals surface area contributed by atoms with E-state index in [9.17, 15) is 18.0 Å². The van der Waals surface area contributed by atoms with Gasteiger partial charge >= 0.3 is 12.3 Å². The summed E-state index contributed by atoms with van der Waals surface area (Å²) in [4.78, 5) is 10.5. The second-order valence-electron chi connectivity index (χ2n) is 2.24. The average Bonchev–Trinajstić information content (AvgIpc) is 1.81. The third-order valence-electron chi connectivity index (χ3n) is 0.935. The van der Waals surface area contributed by atoms with Gasteiger partial charge in [0, 0.05) is 14.1 Å². The normalized spacial score (nSPS) is 12.5. The number of carbonyl (C=O) groups is 1. The molecule has 0 unspecified atom stereocenters. The number of amides is 1. The lowest BCUT2D eigenvalue weighted by atomic mass is 10.5. The molecular weight excluding hydrogens is 191 g/mol. The topological polar surface area (TPSA) is 64.9 Å². The van der Waals surface area contributed by atoms with Gasteiger partial charge in [-0.3, -0.25) is 0 Å². The van der Waals surface area contributed by atoms with Crippen molar-refractivity contribution in [2.24, 2.45) is 5.10 Å². The fourth-order valence-corrected chi connectivity index (χ4v) is 0.518. The molecular formula is C5H8F3N3O2. The zero-order chi connectivity index (χ0) is 10.6. The zero-order valence-corrected chi connectivity index (χ0v) is 6.88. The monoisotopic (exact) mass is 199 g/mol. The van der Waals surface area contributed by atoms with Crippen molar-refractivity contribution in [3.63, 3.8) is 0 Å². The van der Waals surface area contributed by atoms with Crippen LogP contribution in [0.15, 0.2) is 5.10 Å². The van der Waals surface area contributed by atoms with Gasteiger partial charge in [0.25, 0.3) is 0 Å². The summed E-state index contributed by atoms with van der Waals surface area (Å²) in [6.07, 6.45) is -6.32. The lowest BCUT2D eigenvalue weighted by Gasteiger charge is -2.17. The molecule has 0 aliphatic heterocycles. The Labute approximate surface area is 71.8 Å². The van der Waals surface area contributed by atoms with E-state index in [0.29, 0.717) is 4.90 Å². The number of halogens is 3. The smallest absolute Gasteiger partial charge is 0.451 e. The molecule has 0 radical (unpaired) electrons. The highest BCUT2D eigenvalue weighted by atomic mass is 19.4. The maximum Gasteiger partial charge on any atom is 0.451 e. The highest BCUT2D eigenvalue weighted by Crippen LogP contribution is 2.17. The SMILES string of the molecule is CN(C)C(=NNC(=O)O)C(F)(F)F. The Morgan fingerprint density at radius 2 is 1.92 bits per heavy atom. The van der Waals surface area contributed by atoms with Crippen molar-refractivity contribution in [1.29, 1.82) is 0 Å². The van der Waals surface area contributed by atoms with Crippen molar-refractivity contribution in [2.45, 2.75) is 6.18 Å². The van der Waals surface area contributed by atoms with E-state index < -0.39 is 18.1 Å². The fourth-order valence-electron chi connectivity index (χ4n) is 0.518. The third kappa shape index (κ3) is 4.19. The van der Waals surface area contributed by atoms with Gasteiger partial charge in [0.05, 0.1) is 0 Å². The number of amidine groups is 1. The molecule has 1 amide bonds. The van der Waals surface area contributed by atoms with Gasteiger partial charge in [0.1, 0.15) is 0 Å². The predicted octanol–water partition coefficient (Wildman–Crippen LogP) is 0.691. The molecule has 0 aromatic carbocycles. The number of nitrogens with one attached hydrogen (secondary N) is 1. The molecule has 2 N–H and O–H groups in total. The van der Waals surface area contributed by atoms with Crippen molar-refractivity contribution in [3.05, 3.63) is 0 Å². The molecule has 0 saturated heterocycles. The van der Waals surface area contributed by atoms with Crippen LogP contribution in [-0.2, 0) is 0 Å². The van der Waals surface area contributed by atoms with Crippen molar-refractivity contribution in [3.8, 4) is 0 Å². The molecule has 0 atom stereocenters. The van der Waals surface area contributed by atoms with Gasteiger partial charge < -0.3 is 10.0 Å². The maximum absolute atomic E-state index is 12.0. The van der Waals surface area contributed by atoms with Crippen LogP contribution in [0, 0.1) is 0 Å². The molecule has 76 valence electrons. The minimum atomic E-state index is -4.67. The molecule has 0 aromatic rings. The first kappa shape index (κ1) is 11.5. The van der Waals surface area contributed by atoms with Crippen molar-refractivity contribution < 1.29 is 23.1 Å². The van der Waals surface area contributed by atoms with E-state index in [1.54, 1.807) is 0 Å². The molecule has 0 aliphatic rings. The molecule has 0 aromatic heterocycles. The summed E-state index contributed by atoms with van der Waals surface area (Å²) in [5.74, 6) is -1.31. The Balaban J connectivity index is 4.62. The number of carboxylic acid groups (broad SMARTS) is 1. The number of hydrazone groups is 1. The highest BCUT2D eigenvalue weighted by molar-refractivity contribution is 5.87. The van der Waals surface area contributed by atoms with Crippen LogP contribution < -0.4 is 5.43 Å². The number of nitrogens with zero attached hydrogens (tertiary/aromatic N) is 2. The summed E-state index contributed by atoms with van der Waals surface area (Å²) in [6.45, 7) is 0. The first-order valence-corrected chi connectivity index (χ1v) is 3.06. The van der Waals surface area contributed by atoms with E-state index in [1.807, 2.05) is 0 Å². The van der Waals surface area contributed by atoms with E-state index in [1.165, 1.54) is 5.43 Å². The molecule has 0 saturated carbocycles. The van der Waals surface area contributed by atoms with Crippen LogP contribution in [0.1, 0.15) is 0 Å². The Morgan fingerprint density at radius 3 is 2.15 bits per heavy atom. The van der Waals surface area contributed by atoms with Crippen LogP contribution in [0.2, 0.25) is 0 Å². The Kier molecular flexibility index (Phi) is 3.52. The van der Waals surface area contributed by atoms with Crippen LogP contribution in [0.3, 0.4) is 0 Å². The molecule has 0 rings (SSSR count). The first-order chi connectivity index (χ1) is 5.75. The summed E-state index contributed by atoms with van der Waals surface area (Å²) in [6, 6.07) is 0. The van der Waals surface area contributed by atoms with Gasteiger partial charge in [-0.05, 0) is 0 Å². The number of rotatable bonds is 1. The van der Waals surface area contributed by atoms with Crippen molar-refractivity contribution >= 4 is 11.9 Å². The lowest BCUT2D eigenvalue weighted by molar-refractivity contribution is -0.0672. The minimum Gasteiger partial charge on any atom is -0.464 e. The van der Waals surface area contributed by atoms with E-state index >= 15 is 0 Å². The Morgan fingerprint density at radius 1 is 1.46 bits per heavy atom. The van der Waals surface area contributed by atoms with Crippen molar-refractivity contribution in [1.82, 2.24) is 10.3 Å². The largest absolute Gasteiger partial charge is 0.464 e. The van der Waals surface area contributed by atoms with Crippen LogP contribution in [0.25, 0.3) is 0 Å². The third-order valence-corrected chi connectivity index (χ3v) is 0.935. The van der Waals surface area contributed by atoms with Crippen LogP contribution in [0.5, 0.6) is 0 Å². The zero-order valence-electron chi connectivity index (χ0n) is 6.88. The van der Waals surface area contributed by atoms with E-state index in [4.69, 9.17) is 5.11 Å². The van der Waals surface area contributed by atoms with E-state index in [2.05, 4.69) is 5.10 Å². The standard InChI is InChI=1S/C5H8F3N3O2/c1-11(2)3(5(6,7)8)9-10-4(12)13/h10H,1-2H3,(H,12,13). The number of hydrogen-bond acceptors (Lipinski definition) is 2. The molecule has 0 aliphatic carbocycles. The minimum absolute atomic E-state index is 0.663. The van der Waals surface area contributed by atoms with Crippen LogP contribution >= 0.6 is 0 Å². The van der Waals surface area contributed by atoms with Gasteiger partial charge in [-0.2, -0.15) is 13.2 Å². The maximum atomic E-state index is 12.0. The van der Waals surface area contributed by atoms with Crippen LogP contribution in [0.4, 0.5) is 18.0 Å². The Bertz CT molecular complexity index is 224. The molecule has 0 spiro atoms. The number of alkyl halides is 3. The molecule has 8 heteroatoms.